The van der Waals surface area contributed by atoms with Crippen LogP contribution in [0.25, 0.3) is 5.57 Å². The minimum absolute atomic E-state index is 0.239. The van der Waals surface area contributed by atoms with Gasteiger partial charge in [0.1, 0.15) is 5.75 Å². The predicted octanol–water partition coefficient (Wildman–Crippen LogP) is 2.97. The lowest BCUT2D eigenvalue weighted by Crippen LogP contribution is -1.96. The fourth-order valence-electron chi connectivity index (χ4n) is 1.97. The summed E-state index contributed by atoms with van der Waals surface area (Å²) in [6.45, 7) is 0. The Bertz CT molecular complexity index is 456. The Morgan fingerprint density at radius 2 is 2.06 bits per heavy atom. The van der Waals surface area contributed by atoms with E-state index < -0.39 is 0 Å². The van der Waals surface area contributed by atoms with Crippen LogP contribution in [-0.4, -0.2) is 11.9 Å². The summed E-state index contributed by atoms with van der Waals surface area (Å²) in [5.74, 6) is 1.17. The number of allylic oxidation sites excluding steroid dienone is 2. The quantitative estimate of drug-likeness (QED) is 0.773. The van der Waals surface area contributed by atoms with Gasteiger partial charge in [-0.3, -0.25) is 4.79 Å². The fourth-order valence-corrected chi connectivity index (χ4v) is 1.97. The molecule has 1 saturated carbocycles. The number of carbonyl (C=O) groups is 1. The fraction of sp³-hybridized carbons (Fsp3) is 0.357. The molecule has 0 atom stereocenters. The van der Waals surface area contributed by atoms with E-state index in [-0.39, 0.29) is 5.78 Å². The average molecular weight is 214 g/mol. The van der Waals surface area contributed by atoms with Crippen molar-refractivity contribution < 1.29 is 9.53 Å². The van der Waals surface area contributed by atoms with Crippen LogP contribution >= 0.6 is 0 Å². The highest BCUT2D eigenvalue weighted by atomic mass is 16.5. The van der Waals surface area contributed by atoms with Gasteiger partial charge in [-0.1, -0.05) is 12.1 Å². The molecule has 0 aliphatic heterocycles. The third-order valence-corrected chi connectivity index (χ3v) is 3.01. The largest absolute Gasteiger partial charge is 0.490 e. The third-order valence-electron chi connectivity index (χ3n) is 3.01. The van der Waals surface area contributed by atoms with Crippen LogP contribution in [0.5, 0.6) is 5.75 Å². The number of hydrogen-bond acceptors (Lipinski definition) is 2. The molecule has 0 unspecified atom stereocenters. The molecule has 0 bridgehead atoms. The molecule has 0 saturated heterocycles. The van der Waals surface area contributed by atoms with Gasteiger partial charge in [-0.25, -0.2) is 0 Å². The standard InChI is InChI=1S/C14H14O2/c15-12-5-4-11(8-12)10-2-1-3-14(9-10)16-13-6-7-13/h1-3,8-9,13H,4-7H2. The lowest BCUT2D eigenvalue weighted by Gasteiger charge is -2.07. The zero-order chi connectivity index (χ0) is 11.0. The molecule has 2 heteroatoms. The third kappa shape index (κ3) is 2.01. The molecule has 0 heterocycles. The maximum absolute atomic E-state index is 11.2. The highest BCUT2D eigenvalue weighted by Gasteiger charge is 2.23. The van der Waals surface area contributed by atoms with Crippen LogP contribution in [0.2, 0.25) is 0 Å². The van der Waals surface area contributed by atoms with Gasteiger partial charge >= 0.3 is 0 Å². The first-order chi connectivity index (χ1) is 7.81. The minimum Gasteiger partial charge on any atom is -0.490 e. The van der Waals surface area contributed by atoms with Gasteiger partial charge in [0.25, 0.3) is 0 Å². The molecule has 0 aromatic heterocycles. The van der Waals surface area contributed by atoms with Crippen molar-refractivity contribution in [3.63, 3.8) is 0 Å². The molecule has 0 radical (unpaired) electrons. The maximum atomic E-state index is 11.2. The first kappa shape index (κ1) is 9.64. The lowest BCUT2D eigenvalue weighted by molar-refractivity contribution is -0.114. The van der Waals surface area contributed by atoms with Crippen LogP contribution in [0.4, 0.5) is 0 Å². The van der Waals surface area contributed by atoms with Crippen molar-refractivity contribution in [2.75, 3.05) is 0 Å². The monoisotopic (exact) mass is 214 g/mol. The van der Waals surface area contributed by atoms with E-state index in [0.717, 1.165) is 23.3 Å². The van der Waals surface area contributed by atoms with E-state index in [0.29, 0.717) is 12.5 Å². The van der Waals surface area contributed by atoms with Crippen molar-refractivity contribution >= 4 is 11.4 Å². The van der Waals surface area contributed by atoms with Crippen LogP contribution in [0.3, 0.4) is 0 Å². The molecule has 1 fully saturated rings. The second-order valence-corrected chi connectivity index (χ2v) is 4.48. The normalized spacial score (nSPS) is 19.8. The summed E-state index contributed by atoms with van der Waals surface area (Å²) in [5.41, 5.74) is 2.27. The van der Waals surface area contributed by atoms with Crippen LogP contribution in [-0.2, 0) is 4.79 Å². The molecule has 0 N–H and O–H groups in total. The SMILES string of the molecule is O=C1C=C(c2cccc(OC3CC3)c2)CC1. The Kier molecular flexibility index (Phi) is 2.28. The van der Waals surface area contributed by atoms with E-state index in [4.69, 9.17) is 4.74 Å². The van der Waals surface area contributed by atoms with Gasteiger partial charge in [-0.15, -0.1) is 0 Å². The zero-order valence-corrected chi connectivity index (χ0v) is 9.11. The molecule has 2 aliphatic carbocycles. The molecule has 0 spiro atoms. The lowest BCUT2D eigenvalue weighted by atomic mass is 10.1. The van der Waals surface area contributed by atoms with Crippen molar-refractivity contribution in [2.45, 2.75) is 31.8 Å². The molecule has 82 valence electrons. The average Bonchev–Trinajstić information content (AvgIpc) is 2.98. The van der Waals surface area contributed by atoms with E-state index in [2.05, 4.69) is 0 Å². The van der Waals surface area contributed by atoms with Crippen molar-refractivity contribution in [1.29, 1.82) is 0 Å². The summed E-state index contributed by atoms with van der Waals surface area (Å²) in [6, 6.07) is 8.07. The minimum atomic E-state index is 0.239. The summed E-state index contributed by atoms with van der Waals surface area (Å²) in [4.78, 5) is 11.2. The van der Waals surface area contributed by atoms with Gasteiger partial charge in [-0.05, 0) is 48.6 Å². The molecule has 3 rings (SSSR count). The van der Waals surface area contributed by atoms with E-state index in [1.165, 1.54) is 12.8 Å². The first-order valence-electron chi connectivity index (χ1n) is 5.82. The Morgan fingerprint density at radius 1 is 1.19 bits per heavy atom. The molecule has 1 aromatic carbocycles. The van der Waals surface area contributed by atoms with E-state index in [9.17, 15) is 4.79 Å². The maximum Gasteiger partial charge on any atom is 0.156 e. The van der Waals surface area contributed by atoms with Crippen molar-refractivity contribution in [3.05, 3.63) is 35.9 Å². The summed E-state index contributed by atoms with van der Waals surface area (Å²) in [5, 5.41) is 0. The van der Waals surface area contributed by atoms with Gasteiger partial charge in [-0.2, -0.15) is 0 Å². The highest BCUT2D eigenvalue weighted by molar-refractivity contribution is 6.01. The second-order valence-electron chi connectivity index (χ2n) is 4.48. The topological polar surface area (TPSA) is 26.3 Å². The molecule has 0 amide bonds. The van der Waals surface area contributed by atoms with E-state index in [1.807, 2.05) is 24.3 Å². The Balaban J connectivity index is 1.83. The van der Waals surface area contributed by atoms with Crippen LogP contribution < -0.4 is 4.74 Å². The Labute approximate surface area is 94.9 Å². The molecule has 1 aromatic rings. The number of ether oxygens (including phenoxy) is 1. The van der Waals surface area contributed by atoms with Gasteiger partial charge in [0.15, 0.2) is 5.78 Å². The molecule has 2 nitrogen and oxygen atoms in total. The van der Waals surface area contributed by atoms with Crippen molar-refractivity contribution in [2.24, 2.45) is 0 Å². The van der Waals surface area contributed by atoms with E-state index >= 15 is 0 Å². The smallest absolute Gasteiger partial charge is 0.156 e. The van der Waals surface area contributed by atoms with Crippen LogP contribution in [0.1, 0.15) is 31.2 Å². The predicted molar refractivity (Wildman–Crippen MR) is 62.3 cm³/mol. The zero-order valence-electron chi connectivity index (χ0n) is 9.11. The Morgan fingerprint density at radius 3 is 2.75 bits per heavy atom. The number of rotatable bonds is 3. The molecular weight excluding hydrogens is 200 g/mol. The highest BCUT2D eigenvalue weighted by Crippen LogP contribution is 2.31. The molecular formula is C14H14O2. The summed E-state index contributed by atoms with van der Waals surface area (Å²) < 4.78 is 5.74. The van der Waals surface area contributed by atoms with E-state index in [1.54, 1.807) is 6.08 Å². The van der Waals surface area contributed by atoms with Crippen LogP contribution in [0, 0.1) is 0 Å². The van der Waals surface area contributed by atoms with Crippen molar-refractivity contribution in [1.82, 2.24) is 0 Å². The van der Waals surface area contributed by atoms with Crippen LogP contribution in [0.15, 0.2) is 30.3 Å². The van der Waals surface area contributed by atoms with Gasteiger partial charge in [0, 0.05) is 6.42 Å². The van der Waals surface area contributed by atoms with Gasteiger partial charge in [0.05, 0.1) is 6.10 Å². The number of hydrogen-bond donors (Lipinski definition) is 0. The molecule has 16 heavy (non-hydrogen) atoms. The summed E-state index contributed by atoms with van der Waals surface area (Å²) >= 11 is 0. The van der Waals surface area contributed by atoms with Gasteiger partial charge < -0.3 is 4.74 Å². The number of carbonyl (C=O) groups excluding carboxylic acids is 1. The summed E-state index contributed by atoms with van der Waals surface area (Å²) in [7, 11) is 0. The number of ketones is 1. The molecule has 2 aliphatic rings. The van der Waals surface area contributed by atoms with Gasteiger partial charge in [0.2, 0.25) is 0 Å². The van der Waals surface area contributed by atoms with Crippen molar-refractivity contribution in [3.8, 4) is 5.75 Å². The number of benzene rings is 1. The Hall–Kier alpha value is -1.57. The summed E-state index contributed by atoms with van der Waals surface area (Å²) in [6.07, 6.45) is 6.05. The second kappa shape index (κ2) is 3.78. The first-order valence-corrected chi connectivity index (χ1v) is 5.82.